The largest absolute Gasteiger partial charge is 0.495 e. The molecule has 2 atom stereocenters. The first kappa shape index (κ1) is 25.6. The molecule has 1 N–H and O–H groups in total. The molecule has 2 unspecified atom stereocenters. The van der Waals surface area contributed by atoms with E-state index >= 15 is 0 Å². The summed E-state index contributed by atoms with van der Waals surface area (Å²) in [6.07, 6.45) is 4.46. The van der Waals surface area contributed by atoms with Crippen LogP contribution in [0.3, 0.4) is 0 Å². The molecule has 0 saturated carbocycles. The standard InChI is InChI=1S/C28H38ClN3O3/c1-19-20(2)27(35-16-6-13-30-21(3)33)12-10-24(19)26-8-5-7-23-18-31(14-15-32(23)26)22-9-11-25(29)28(17-22)34-4/h9-12,17,23,26H,5-8,13-16,18H2,1-4H3,(H,30,33). The Kier molecular flexibility index (Phi) is 8.45. The smallest absolute Gasteiger partial charge is 0.216 e. The number of carbonyl (C=O) groups is 1. The van der Waals surface area contributed by atoms with Crippen molar-refractivity contribution in [3.63, 3.8) is 0 Å². The van der Waals surface area contributed by atoms with Crippen molar-refractivity contribution in [1.82, 2.24) is 10.2 Å². The van der Waals surface area contributed by atoms with Crippen LogP contribution in [0, 0.1) is 13.8 Å². The Balaban J connectivity index is 1.43. The van der Waals surface area contributed by atoms with Crippen LogP contribution in [-0.4, -0.2) is 56.7 Å². The molecule has 7 heteroatoms. The van der Waals surface area contributed by atoms with Gasteiger partial charge in [0, 0.05) is 56.9 Å². The molecule has 2 fully saturated rings. The number of piperazine rings is 1. The fourth-order valence-electron chi connectivity index (χ4n) is 5.52. The van der Waals surface area contributed by atoms with E-state index in [1.54, 1.807) is 7.11 Å². The normalized spacial score (nSPS) is 20.3. The van der Waals surface area contributed by atoms with E-state index in [2.05, 4.69) is 53.2 Å². The van der Waals surface area contributed by atoms with Crippen LogP contribution in [0.4, 0.5) is 5.69 Å². The number of rotatable bonds is 8. The number of halogens is 1. The van der Waals surface area contributed by atoms with E-state index < -0.39 is 0 Å². The van der Waals surface area contributed by atoms with E-state index in [0.29, 0.717) is 30.3 Å². The third kappa shape index (κ3) is 5.87. The van der Waals surface area contributed by atoms with E-state index in [1.807, 2.05) is 6.07 Å². The van der Waals surface area contributed by atoms with Crippen molar-refractivity contribution < 1.29 is 14.3 Å². The Labute approximate surface area is 214 Å². The summed E-state index contributed by atoms with van der Waals surface area (Å²) in [5.41, 5.74) is 5.16. The third-order valence-corrected chi connectivity index (χ3v) is 7.85. The van der Waals surface area contributed by atoms with Gasteiger partial charge < -0.3 is 19.7 Å². The Hall–Kier alpha value is -2.44. The number of amides is 1. The topological polar surface area (TPSA) is 54.0 Å². The molecule has 2 saturated heterocycles. The zero-order valence-corrected chi connectivity index (χ0v) is 22.2. The maximum absolute atomic E-state index is 11.0. The molecule has 190 valence electrons. The number of nitrogens with zero attached hydrogens (tertiary/aromatic N) is 2. The number of nitrogens with one attached hydrogen (secondary N) is 1. The van der Waals surface area contributed by atoms with Crippen molar-refractivity contribution >= 4 is 23.2 Å². The van der Waals surface area contributed by atoms with Crippen LogP contribution in [0.15, 0.2) is 30.3 Å². The van der Waals surface area contributed by atoms with Gasteiger partial charge in [0.25, 0.3) is 0 Å². The third-order valence-electron chi connectivity index (χ3n) is 7.53. The highest BCUT2D eigenvalue weighted by Crippen LogP contribution is 2.40. The minimum atomic E-state index is 0.000824. The second-order valence-corrected chi connectivity index (χ2v) is 10.1. The van der Waals surface area contributed by atoms with E-state index in [0.717, 1.165) is 37.6 Å². The van der Waals surface area contributed by atoms with Crippen molar-refractivity contribution in [2.24, 2.45) is 0 Å². The molecule has 2 aromatic carbocycles. The van der Waals surface area contributed by atoms with E-state index in [-0.39, 0.29) is 5.91 Å². The minimum absolute atomic E-state index is 0.000824. The lowest BCUT2D eigenvalue weighted by Gasteiger charge is -2.49. The van der Waals surface area contributed by atoms with Crippen molar-refractivity contribution in [2.75, 3.05) is 44.8 Å². The first-order valence-electron chi connectivity index (χ1n) is 12.7. The molecule has 0 radical (unpaired) electrons. The van der Waals surface area contributed by atoms with Crippen molar-refractivity contribution in [2.45, 2.75) is 58.5 Å². The lowest BCUT2D eigenvalue weighted by molar-refractivity contribution is -0.118. The number of ether oxygens (including phenoxy) is 2. The van der Waals surface area contributed by atoms with Crippen molar-refractivity contribution in [3.05, 3.63) is 52.0 Å². The number of piperidine rings is 1. The Bertz CT molecular complexity index is 1040. The minimum Gasteiger partial charge on any atom is -0.495 e. The van der Waals surface area contributed by atoms with Crippen LogP contribution in [0.25, 0.3) is 0 Å². The fraction of sp³-hybridized carbons (Fsp3) is 0.536. The average Bonchev–Trinajstić information content (AvgIpc) is 2.86. The van der Waals surface area contributed by atoms with Gasteiger partial charge in [0.1, 0.15) is 11.5 Å². The van der Waals surface area contributed by atoms with Gasteiger partial charge in [0.15, 0.2) is 0 Å². The highest BCUT2D eigenvalue weighted by Gasteiger charge is 2.36. The Morgan fingerprint density at radius 2 is 1.94 bits per heavy atom. The molecule has 35 heavy (non-hydrogen) atoms. The van der Waals surface area contributed by atoms with E-state index in [4.69, 9.17) is 21.1 Å². The number of methoxy groups -OCH3 is 1. The number of carbonyl (C=O) groups excluding carboxylic acids is 1. The maximum Gasteiger partial charge on any atom is 0.216 e. The SMILES string of the molecule is COc1cc(N2CCN3C(CCCC3c3ccc(OCCCNC(C)=O)c(C)c3C)C2)ccc1Cl. The van der Waals surface area contributed by atoms with Gasteiger partial charge in [-0.2, -0.15) is 0 Å². The molecule has 0 aromatic heterocycles. The maximum atomic E-state index is 11.0. The second kappa shape index (κ2) is 11.5. The van der Waals surface area contributed by atoms with Gasteiger partial charge in [-0.25, -0.2) is 0 Å². The van der Waals surface area contributed by atoms with Gasteiger partial charge >= 0.3 is 0 Å². The number of hydrogen-bond donors (Lipinski definition) is 1. The summed E-state index contributed by atoms with van der Waals surface area (Å²) < 4.78 is 11.5. The summed E-state index contributed by atoms with van der Waals surface area (Å²) in [7, 11) is 1.67. The van der Waals surface area contributed by atoms with Gasteiger partial charge in [-0.3, -0.25) is 9.69 Å². The Morgan fingerprint density at radius 3 is 2.71 bits per heavy atom. The van der Waals surface area contributed by atoms with Gasteiger partial charge in [0.2, 0.25) is 5.91 Å². The monoisotopic (exact) mass is 499 g/mol. The molecular weight excluding hydrogens is 462 g/mol. The van der Waals surface area contributed by atoms with Crippen LogP contribution in [0.2, 0.25) is 5.02 Å². The number of benzene rings is 2. The van der Waals surface area contributed by atoms with Crippen molar-refractivity contribution in [3.8, 4) is 11.5 Å². The summed E-state index contributed by atoms with van der Waals surface area (Å²) in [6.45, 7) is 10.2. The zero-order chi connectivity index (χ0) is 24.9. The summed E-state index contributed by atoms with van der Waals surface area (Å²) in [5, 5.41) is 3.47. The van der Waals surface area contributed by atoms with Gasteiger partial charge in [-0.05, 0) is 74.4 Å². The molecule has 6 nitrogen and oxygen atoms in total. The summed E-state index contributed by atoms with van der Waals surface area (Å²) in [4.78, 5) is 16.2. The summed E-state index contributed by atoms with van der Waals surface area (Å²) >= 11 is 6.25. The molecule has 1 amide bonds. The highest BCUT2D eigenvalue weighted by molar-refractivity contribution is 6.32. The van der Waals surface area contributed by atoms with Gasteiger partial charge in [-0.15, -0.1) is 0 Å². The Morgan fingerprint density at radius 1 is 1.11 bits per heavy atom. The molecular formula is C28H38ClN3O3. The predicted molar refractivity (Wildman–Crippen MR) is 142 cm³/mol. The molecule has 0 aliphatic carbocycles. The lowest BCUT2D eigenvalue weighted by Crippen LogP contribution is -2.56. The number of fused-ring (bicyclic) bond motifs is 1. The molecule has 2 aliphatic rings. The quantitative estimate of drug-likeness (QED) is 0.500. The first-order valence-corrected chi connectivity index (χ1v) is 13.1. The van der Waals surface area contributed by atoms with E-state index in [9.17, 15) is 4.79 Å². The second-order valence-electron chi connectivity index (χ2n) is 9.69. The molecule has 4 rings (SSSR count). The molecule has 2 aliphatic heterocycles. The summed E-state index contributed by atoms with van der Waals surface area (Å²) in [6, 6.07) is 11.5. The van der Waals surface area contributed by atoms with Crippen LogP contribution in [0.5, 0.6) is 11.5 Å². The highest BCUT2D eigenvalue weighted by atomic mass is 35.5. The molecule has 2 heterocycles. The predicted octanol–water partition coefficient (Wildman–Crippen LogP) is 5.29. The van der Waals surface area contributed by atoms with Crippen LogP contribution >= 0.6 is 11.6 Å². The van der Waals surface area contributed by atoms with Crippen LogP contribution in [0.1, 0.15) is 55.3 Å². The molecule has 2 aromatic rings. The van der Waals surface area contributed by atoms with E-state index in [1.165, 1.54) is 48.6 Å². The van der Waals surface area contributed by atoms with Gasteiger partial charge in [-0.1, -0.05) is 17.7 Å². The number of anilines is 1. The average molecular weight is 500 g/mol. The molecule has 0 bridgehead atoms. The van der Waals surface area contributed by atoms with Crippen LogP contribution < -0.4 is 19.7 Å². The number of hydrogen-bond acceptors (Lipinski definition) is 5. The van der Waals surface area contributed by atoms with Gasteiger partial charge in [0.05, 0.1) is 18.7 Å². The zero-order valence-electron chi connectivity index (χ0n) is 21.4. The lowest BCUT2D eigenvalue weighted by atomic mass is 9.86. The summed E-state index contributed by atoms with van der Waals surface area (Å²) in [5.74, 6) is 1.68. The fourth-order valence-corrected chi connectivity index (χ4v) is 5.71. The van der Waals surface area contributed by atoms with Crippen LogP contribution in [-0.2, 0) is 4.79 Å². The van der Waals surface area contributed by atoms with Crippen molar-refractivity contribution in [1.29, 1.82) is 0 Å². The first-order chi connectivity index (χ1) is 16.9. The molecule has 0 spiro atoms.